The fraction of sp³-hybridized carbons (Fsp3) is 0.447. The summed E-state index contributed by atoms with van der Waals surface area (Å²) >= 11 is 15.0. The Kier molecular flexibility index (Phi) is 21.4. The van der Waals surface area contributed by atoms with Crippen LogP contribution in [0.2, 0.25) is 0 Å². The maximum Gasteiger partial charge on any atom is 0.339 e. The highest BCUT2D eigenvalue weighted by molar-refractivity contribution is 6.68. The molecule has 0 saturated carbocycles. The predicted octanol–water partition coefficient (Wildman–Crippen LogP) is 9.94. The zero-order valence-electron chi connectivity index (χ0n) is 33.6. The van der Waals surface area contributed by atoms with E-state index >= 15 is 0 Å². The van der Waals surface area contributed by atoms with Crippen molar-refractivity contribution in [1.82, 2.24) is 0 Å². The van der Waals surface area contributed by atoms with E-state index in [-0.39, 0.29) is 80.0 Å². The van der Waals surface area contributed by atoms with Crippen LogP contribution >= 0.6 is 34.8 Å². The number of hydrogen-bond donors (Lipinski definition) is 2. The Hall–Kier alpha value is -5.26. The van der Waals surface area contributed by atoms with Gasteiger partial charge in [-0.2, -0.15) is 0 Å². The van der Waals surface area contributed by atoms with Gasteiger partial charge in [-0.25, -0.2) is 4.79 Å². The molecule has 0 aromatic heterocycles. The zero-order valence-corrected chi connectivity index (χ0v) is 35.8. The molecule has 1 amide bonds. The molecule has 20 heteroatoms. The Labute approximate surface area is 352 Å². The molecule has 0 bridgehead atoms. The van der Waals surface area contributed by atoms with Gasteiger partial charge in [-0.05, 0) is 62.7 Å². The van der Waals surface area contributed by atoms with E-state index in [4.69, 9.17) is 59.9 Å². The Morgan fingerprint density at radius 2 is 0.845 bits per heavy atom. The molecule has 0 aliphatic carbocycles. The van der Waals surface area contributed by atoms with Gasteiger partial charge in [0.05, 0.1) is 52.6 Å². The van der Waals surface area contributed by atoms with Gasteiger partial charge in [0, 0.05) is 18.2 Å². The normalized spacial score (nSPS) is 10.7. The molecular weight excluding hydrogens is 827 g/mol. The Balaban J connectivity index is 0. The predicted molar refractivity (Wildman–Crippen MR) is 224 cm³/mol. The highest BCUT2D eigenvalue weighted by Gasteiger charge is 2.30. The van der Waals surface area contributed by atoms with E-state index in [1.165, 1.54) is 57.7 Å². The van der Waals surface area contributed by atoms with Gasteiger partial charge in [-0.1, -0.05) is 69.7 Å². The summed E-state index contributed by atoms with van der Waals surface area (Å²) in [6.07, 6.45) is 0. The number of nitro benzene ring substituents is 3. The number of nitro groups is 3. The van der Waals surface area contributed by atoms with Gasteiger partial charge < -0.3 is 25.1 Å². The lowest BCUT2D eigenvalue weighted by Gasteiger charge is -2.20. The van der Waals surface area contributed by atoms with E-state index in [0.29, 0.717) is 16.7 Å². The van der Waals surface area contributed by atoms with Crippen LogP contribution in [0.4, 0.5) is 17.1 Å². The number of carboxylic acid groups (broad SMARTS) is 1. The Bertz CT molecular complexity index is 1660. The van der Waals surface area contributed by atoms with Crippen molar-refractivity contribution >= 4 is 69.0 Å². The summed E-state index contributed by atoms with van der Waals surface area (Å²) in [6.45, 7) is 16.9. The third kappa shape index (κ3) is 15.2. The number of carboxylic acids is 1. The van der Waals surface area contributed by atoms with E-state index in [1.54, 1.807) is 0 Å². The molecule has 0 atom stereocenters. The van der Waals surface area contributed by atoms with Crippen molar-refractivity contribution in [2.75, 3.05) is 26.7 Å². The third-order valence-electron chi connectivity index (χ3n) is 7.72. The minimum absolute atomic E-state index is 0. The molecule has 3 aromatic rings. The van der Waals surface area contributed by atoms with Gasteiger partial charge in [0.25, 0.3) is 11.1 Å². The third-order valence-corrected chi connectivity index (χ3v) is 7.92. The number of carbonyl (C=O) groups is 3. The quantitative estimate of drug-likeness (QED) is 0.0879. The van der Waals surface area contributed by atoms with Crippen molar-refractivity contribution in [1.29, 1.82) is 0 Å². The molecule has 0 saturated heterocycles. The average molecular weight is 878 g/mol. The van der Waals surface area contributed by atoms with Crippen molar-refractivity contribution < 1.29 is 48.5 Å². The van der Waals surface area contributed by atoms with Gasteiger partial charge in [0.15, 0.2) is 0 Å². The molecule has 3 rings (SSSR count). The van der Waals surface area contributed by atoms with Gasteiger partial charge in [0.1, 0.15) is 5.56 Å². The summed E-state index contributed by atoms with van der Waals surface area (Å²) in [4.78, 5) is 65.0. The molecule has 0 spiro atoms. The summed E-state index contributed by atoms with van der Waals surface area (Å²) in [5.74, 6) is -2.42. The minimum atomic E-state index is -1.25. The molecule has 58 heavy (non-hydrogen) atoms. The number of methoxy groups -OCH3 is 3. The van der Waals surface area contributed by atoms with Gasteiger partial charge in [-0.15, -0.1) is 23.2 Å². The van der Waals surface area contributed by atoms with Crippen LogP contribution in [-0.4, -0.2) is 63.7 Å². The smallest absolute Gasteiger partial charge is 0.339 e. The highest BCUT2D eigenvalue weighted by atomic mass is 35.5. The number of carbonyl (C=O) groups excluding carboxylic acids is 2. The summed E-state index contributed by atoms with van der Waals surface area (Å²) in [5, 5.41) is 41.5. The Morgan fingerprint density at radius 3 is 1.05 bits per heavy atom. The second-order valence-electron chi connectivity index (χ2n) is 14.8. The van der Waals surface area contributed by atoms with E-state index in [9.17, 15) is 44.7 Å². The van der Waals surface area contributed by atoms with Gasteiger partial charge in [0.2, 0.25) is 17.2 Å². The number of rotatable bonds is 9. The maximum absolute atomic E-state index is 11.4. The number of halogens is 3. The van der Waals surface area contributed by atoms with Crippen molar-refractivity contribution in [2.24, 2.45) is 5.73 Å². The lowest BCUT2D eigenvalue weighted by atomic mass is 9.85. The molecule has 0 heterocycles. The molecule has 322 valence electrons. The zero-order chi connectivity index (χ0) is 45.0. The first-order valence-electron chi connectivity index (χ1n) is 16.4. The van der Waals surface area contributed by atoms with Crippen LogP contribution in [0.5, 0.6) is 17.2 Å². The van der Waals surface area contributed by atoms with E-state index < -0.39 is 31.9 Å². The average Bonchev–Trinajstić information content (AvgIpc) is 3.09. The summed E-state index contributed by atoms with van der Waals surface area (Å²) in [5.41, 5.74) is 5.06. The number of ether oxygens (including phenoxy) is 3. The van der Waals surface area contributed by atoms with Gasteiger partial charge in [-0.3, -0.25) is 39.9 Å². The van der Waals surface area contributed by atoms with Crippen LogP contribution in [-0.2, 0) is 16.2 Å². The van der Waals surface area contributed by atoms with E-state index in [1.807, 2.05) is 62.3 Å². The molecular formula is C38H51Cl3N4O13. The van der Waals surface area contributed by atoms with Crippen LogP contribution in [0.15, 0.2) is 36.4 Å². The van der Waals surface area contributed by atoms with E-state index in [0.717, 1.165) is 0 Å². The molecule has 3 N–H and O–H groups in total. The minimum Gasteiger partial charge on any atom is -0.490 e. The molecule has 0 fully saturated rings. The van der Waals surface area contributed by atoms with E-state index in [2.05, 4.69) is 0 Å². The molecule has 0 aliphatic rings. The molecule has 3 aromatic carbocycles. The number of nitrogens with two attached hydrogens (primary N) is 1. The number of amides is 1. The maximum atomic E-state index is 11.4. The standard InChI is InChI=1S/C12H14ClNO4.C12H16N2O4.C12H15NO5.CH2Cl2.CH4/c2*1-12(2,3)7-5-8(11(13)15)10(18-4)9(6-7)14(16)17;1-12(2,3)7-5-8(11(14)15)10(18-4)9(6-7)13(16)17;2-1-3;/h5-6H,1-4H3;5-6H,1-4H3,(H2,13,15);5-6H,1-4H3,(H,14,15);1H2;1H4. The SMILES string of the molecule is C.COc1c(C(=O)Cl)cc(C(C)(C)C)cc1[N+](=O)[O-].COc1c(C(=O)O)cc(C(C)(C)C)cc1[N+](=O)[O-].COc1c(C(N)=O)cc(C(C)(C)C)cc1[N+](=O)[O-].ClCCl. The number of nitrogens with zero attached hydrogens (tertiary/aromatic N) is 3. The topological polar surface area (TPSA) is 255 Å². The van der Waals surface area contributed by atoms with Gasteiger partial charge >= 0.3 is 23.0 Å². The lowest BCUT2D eigenvalue weighted by Crippen LogP contribution is -2.17. The first-order valence-corrected chi connectivity index (χ1v) is 17.9. The fourth-order valence-corrected chi connectivity index (χ4v) is 4.82. The number of primary amides is 1. The number of aromatic carboxylic acids is 1. The lowest BCUT2D eigenvalue weighted by molar-refractivity contribution is -0.386. The second-order valence-corrected chi connectivity index (χ2v) is 15.9. The molecule has 0 unspecified atom stereocenters. The first kappa shape index (κ1) is 54.8. The molecule has 0 radical (unpaired) electrons. The fourth-order valence-electron chi connectivity index (χ4n) is 4.68. The molecule has 0 aliphatic heterocycles. The number of alkyl halides is 2. The summed E-state index contributed by atoms with van der Waals surface area (Å²) < 4.78 is 14.7. The number of hydrogen-bond acceptors (Lipinski definition) is 12. The van der Waals surface area contributed by atoms with Crippen molar-refractivity contribution in [3.8, 4) is 17.2 Å². The molecule has 17 nitrogen and oxygen atoms in total. The van der Waals surface area contributed by atoms with Crippen LogP contribution in [0.25, 0.3) is 0 Å². The summed E-state index contributed by atoms with van der Waals surface area (Å²) in [6, 6.07) is 8.64. The van der Waals surface area contributed by atoms with Crippen LogP contribution < -0.4 is 19.9 Å². The number of benzene rings is 3. The van der Waals surface area contributed by atoms with Crippen LogP contribution in [0.3, 0.4) is 0 Å². The second kappa shape index (κ2) is 22.6. The largest absolute Gasteiger partial charge is 0.490 e. The summed E-state index contributed by atoms with van der Waals surface area (Å²) in [7, 11) is 3.75. The van der Waals surface area contributed by atoms with Crippen molar-refractivity contribution in [3.05, 3.63) is 100 Å². The Morgan fingerprint density at radius 1 is 0.603 bits per heavy atom. The van der Waals surface area contributed by atoms with Crippen LogP contribution in [0.1, 0.15) is 118 Å². The van der Waals surface area contributed by atoms with Crippen molar-refractivity contribution in [2.45, 2.75) is 86.0 Å². The van der Waals surface area contributed by atoms with Crippen molar-refractivity contribution in [3.63, 3.8) is 0 Å². The highest BCUT2D eigenvalue weighted by Crippen LogP contribution is 2.39. The monoisotopic (exact) mass is 876 g/mol. The first-order chi connectivity index (χ1) is 26.0. The van der Waals surface area contributed by atoms with Crippen LogP contribution in [0, 0.1) is 30.3 Å².